The third-order valence-corrected chi connectivity index (χ3v) is 4.07. The third-order valence-electron chi connectivity index (χ3n) is 3.23. The zero-order valence-electron chi connectivity index (χ0n) is 14.1. The normalized spacial score (nSPS) is 10.8. The molecule has 1 aromatic heterocycles. The first kappa shape index (κ1) is 18.7. The van der Waals surface area contributed by atoms with Crippen LogP contribution in [0.4, 0.5) is 5.13 Å². The van der Waals surface area contributed by atoms with Gasteiger partial charge in [-0.25, -0.2) is 5.43 Å². The number of nitrogens with zero attached hydrogens (tertiary/aromatic N) is 3. The maximum atomic E-state index is 11.8. The zero-order valence-corrected chi connectivity index (χ0v) is 14.9. The van der Waals surface area contributed by atoms with Crippen molar-refractivity contribution in [2.75, 3.05) is 5.32 Å². The lowest BCUT2D eigenvalue weighted by atomic mass is 10.2. The summed E-state index contributed by atoms with van der Waals surface area (Å²) in [6.07, 6.45) is 5.05. The SMILES string of the molecule is CCCCCC(=O)Nc1nnc(CC(=O)N/N=C\c2ccccc2)s1. The van der Waals surface area contributed by atoms with E-state index in [2.05, 4.69) is 33.0 Å². The van der Waals surface area contributed by atoms with Crippen molar-refractivity contribution in [1.29, 1.82) is 0 Å². The van der Waals surface area contributed by atoms with E-state index in [0.717, 1.165) is 24.8 Å². The molecule has 0 unspecified atom stereocenters. The molecule has 0 aliphatic carbocycles. The molecule has 0 radical (unpaired) electrons. The van der Waals surface area contributed by atoms with E-state index in [0.29, 0.717) is 16.6 Å². The molecule has 2 amide bonds. The van der Waals surface area contributed by atoms with E-state index in [-0.39, 0.29) is 18.2 Å². The van der Waals surface area contributed by atoms with Crippen LogP contribution in [0.3, 0.4) is 0 Å². The van der Waals surface area contributed by atoms with Gasteiger partial charge in [0, 0.05) is 6.42 Å². The van der Waals surface area contributed by atoms with E-state index in [1.54, 1.807) is 6.21 Å². The van der Waals surface area contributed by atoms with Crippen molar-refractivity contribution >= 4 is 34.5 Å². The molecule has 0 saturated heterocycles. The number of carbonyl (C=O) groups is 2. The summed E-state index contributed by atoms with van der Waals surface area (Å²) in [5.74, 6) is -0.364. The van der Waals surface area contributed by atoms with Gasteiger partial charge in [0.05, 0.1) is 12.6 Å². The van der Waals surface area contributed by atoms with Gasteiger partial charge in [-0.05, 0) is 12.0 Å². The Balaban J connectivity index is 1.75. The first-order valence-corrected chi connectivity index (χ1v) is 8.98. The van der Waals surface area contributed by atoms with Crippen LogP contribution in [0.2, 0.25) is 0 Å². The highest BCUT2D eigenvalue weighted by molar-refractivity contribution is 7.15. The summed E-state index contributed by atoms with van der Waals surface area (Å²) in [7, 11) is 0. The highest BCUT2D eigenvalue weighted by Crippen LogP contribution is 2.16. The molecule has 2 aromatic rings. The third kappa shape index (κ3) is 7.21. The highest BCUT2D eigenvalue weighted by Gasteiger charge is 2.11. The first-order valence-electron chi connectivity index (χ1n) is 8.16. The Hall–Kier alpha value is -2.61. The van der Waals surface area contributed by atoms with Crippen LogP contribution in [0.25, 0.3) is 0 Å². The largest absolute Gasteiger partial charge is 0.301 e. The van der Waals surface area contributed by atoms with E-state index < -0.39 is 0 Å². The molecule has 0 aliphatic heterocycles. The molecule has 2 N–H and O–H groups in total. The molecule has 2 rings (SSSR count). The summed E-state index contributed by atoms with van der Waals surface area (Å²) < 4.78 is 0. The molecule has 0 atom stereocenters. The number of benzene rings is 1. The Bertz CT molecular complexity index is 715. The predicted molar refractivity (Wildman–Crippen MR) is 98.6 cm³/mol. The van der Waals surface area contributed by atoms with Gasteiger partial charge in [-0.2, -0.15) is 5.10 Å². The number of nitrogens with one attached hydrogen (secondary N) is 2. The fourth-order valence-corrected chi connectivity index (χ4v) is 2.74. The minimum atomic E-state index is -0.288. The molecular formula is C17H21N5O2S. The second-order valence-electron chi connectivity index (χ2n) is 5.39. The number of hydrazone groups is 1. The number of carbonyl (C=O) groups excluding carboxylic acids is 2. The smallest absolute Gasteiger partial charge is 0.247 e. The van der Waals surface area contributed by atoms with Crippen molar-refractivity contribution in [2.45, 2.75) is 39.0 Å². The van der Waals surface area contributed by atoms with Crippen molar-refractivity contribution in [3.05, 3.63) is 40.9 Å². The second kappa shape index (κ2) is 10.3. The van der Waals surface area contributed by atoms with Gasteiger partial charge in [-0.3, -0.25) is 9.59 Å². The fourth-order valence-electron chi connectivity index (χ4n) is 1.99. The van der Waals surface area contributed by atoms with E-state index in [4.69, 9.17) is 0 Å². The lowest BCUT2D eigenvalue weighted by Gasteiger charge is -1.99. The van der Waals surface area contributed by atoms with Crippen LogP contribution in [0.15, 0.2) is 35.4 Å². The average Bonchev–Trinajstić information content (AvgIpc) is 3.02. The zero-order chi connectivity index (χ0) is 17.9. The lowest BCUT2D eigenvalue weighted by Crippen LogP contribution is -2.19. The maximum absolute atomic E-state index is 11.8. The van der Waals surface area contributed by atoms with Crippen LogP contribution in [0.5, 0.6) is 0 Å². The Labute approximate surface area is 150 Å². The van der Waals surface area contributed by atoms with Gasteiger partial charge >= 0.3 is 0 Å². The Kier molecular flexibility index (Phi) is 7.71. The van der Waals surface area contributed by atoms with Crippen molar-refractivity contribution in [2.24, 2.45) is 5.10 Å². The van der Waals surface area contributed by atoms with Crippen LogP contribution >= 0.6 is 11.3 Å². The number of hydrogen-bond acceptors (Lipinski definition) is 6. The average molecular weight is 359 g/mol. The summed E-state index contributed by atoms with van der Waals surface area (Å²) in [6.45, 7) is 2.09. The minimum absolute atomic E-state index is 0.0650. The second-order valence-corrected chi connectivity index (χ2v) is 6.45. The van der Waals surface area contributed by atoms with Crippen LogP contribution < -0.4 is 10.7 Å². The predicted octanol–water partition coefficient (Wildman–Crippen LogP) is 2.75. The molecule has 25 heavy (non-hydrogen) atoms. The van der Waals surface area contributed by atoms with Gasteiger partial charge in [0.1, 0.15) is 5.01 Å². The van der Waals surface area contributed by atoms with Crippen LogP contribution in [-0.2, 0) is 16.0 Å². The van der Waals surface area contributed by atoms with Gasteiger partial charge < -0.3 is 5.32 Å². The van der Waals surface area contributed by atoms with Gasteiger partial charge in [-0.1, -0.05) is 61.4 Å². The molecular weight excluding hydrogens is 338 g/mol. The maximum Gasteiger partial charge on any atom is 0.247 e. The summed E-state index contributed by atoms with van der Waals surface area (Å²) in [5, 5.41) is 15.3. The summed E-state index contributed by atoms with van der Waals surface area (Å²) in [6, 6.07) is 9.46. The van der Waals surface area contributed by atoms with Crippen molar-refractivity contribution in [1.82, 2.24) is 15.6 Å². The van der Waals surface area contributed by atoms with Gasteiger partial charge in [0.15, 0.2) is 0 Å². The number of anilines is 1. The summed E-state index contributed by atoms with van der Waals surface area (Å²) in [5.41, 5.74) is 3.34. The van der Waals surface area contributed by atoms with Crippen LogP contribution in [-0.4, -0.2) is 28.2 Å². The Morgan fingerprint density at radius 2 is 1.96 bits per heavy atom. The monoisotopic (exact) mass is 359 g/mol. The van der Waals surface area contributed by atoms with Crippen LogP contribution in [0.1, 0.15) is 43.2 Å². The van der Waals surface area contributed by atoms with E-state index >= 15 is 0 Å². The molecule has 0 saturated carbocycles. The Morgan fingerprint density at radius 1 is 1.16 bits per heavy atom. The van der Waals surface area contributed by atoms with Crippen molar-refractivity contribution in [3.63, 3.8) is 0 Å². The lowest BCUT2D eigenvalue weighted by molar-refractivity contribution is -0.120. The van der Waals surface area contributed by atoms with Crippen LogP contribution in [0, 0.1) is 0 Å². The van der Waals surface area contributed by atoms with Gasteiger partial charge in [0.25, 0.3) is 0 Å². The molecule has 0 aliphatic rings. The highest BCUT2D eigenvalue weighted by atomic mass is 32.1. The molecule has 0 fully saturated rings. The van der Waals surface area contributed by atoms with Crippen molar-refractivity contribution < 1.29 is 9.59 Å². The van der Waals surface area contributed by atoms with Crippen molar-refractivity contribution in [3.8, 4) is 0 Å². The fraction of sp³-hybridized carbons (Fsp3) is 0.353. The summed E-state index contributed by atoms with van der Waals surface area (Å²) >= 11 is 1.19. The van der Waals surface area contributed by atoms with E-state index in [1.165, 1.54) is 11.3 Å². The number of amides is 2. The van der Waals surface area contributed by atoms with E-state index in [9.17, 15) is 9.59 Å². The standard InChI is InChI=1S/C17H21N5O2S/c1-2-3-5-10-14(23)19-17-22-21-16(25-17)11-15(24)20-18-12-13-8-6-4-7-9-13/h4,6-9,12H,2-3,5,10-11H2,1H3,(H,20,24)(H,19,22,23)/b18-12-. The molecule has 0 spiro atoms. The molecule has 8 heteroatoms. The Morgan fingerprint density at radius 3 is 2.72 bits per heavy atom. The molecule has 1 aromatic carbocycles. The number of aromatic nitrogens is 2. The molecule has 0 bridgehead atoms. The van der Waals surface area contributed by atoms with Gasteiger partial charge in [-0.15, -0.1) is 10.2 Å². The quantitative estimate of drug-likeness (QED) is 0.409. The number of hydrogen-bond donors (Lipinski definition) is 2. The number of unbranched alkanes of at least 4 members (excludes halogenated alkanes) is 2. The topological polar surface area (TPSA) is 96.3 Å². The van der Waals surface area contributed by atoms with E-state index in [1.807, 2.05) is 30.3 Å². The van der Waals surface area contributed by atoms with Gasteiger partial charge in [0.2, 0.25) is 16.9 Å². The number of rotatable bonds is 9. The first-order chi connectivity index (χ1) is 12.2. The minimum Gasteiger partial charge on any atom is -0.301 e. The molecule has 7 nitrogen and oxygen atoms in total. The molecule has 132 valence electrons. The molecule has 1 heterocycles. The summed E-state index contributed by atoms with van der Waals surface area (Å²) in [4.78, 5) is 23.6.